The van der Waals surface area contributed by atoms with Gasteiger partial charge in [-0.3, -0.25) is 4.99 Å². The van der Waals surface area contributed by atoms with Crippen LogP contribution >= 0.6 is 27.5 Å². The molecule has 0 N–H and O–H groups in total. The first kappa shape index (κ1) is 13.7. The molecule has 88 valence electrons. The second-order valence-electron chi connectivity index (χ2n) is 3.81. The summed E-state index contributed by atoms with van der Waals surface area (Å²) < 4.78 is 5.36. The number of alkyl halides is 1. The molecule has 0 amide bonds. The van der Waals surface area contributed by atoms with Gasteiger partial charge in [-0.25, -0.2) is 0 Å². The van der Waals surface area contributed by atoms with E-state index in [0.29, 0.717) is 6.54 Å². The average molecular weight is 305 g/mol. The van der Waals surface area contributed by atoms with Gasteiger partial charge < -0.3 is 4.74 Å². The highest BCUT2D eigenvalue weighted by molar-refractivity contribution is 9.09. The molecular weight excluding hydrogens is 289 g/mol. The highest BCUT2D eigenvalue weighted by Crippen LogP contribution is 2.13. The summed E-state index contributed by atoms with van der Waals surface area (Å²) in [6.45, 7) is 2.64. The van der Waals surface area contributed by atoms with Gasteiger partial charge >= 0.3 is 0 Å². The van der Waals surface area contributed by atoms with Crippen LogP contribution in [0.2, 0.25) is 5.02 Å². The minimum atomic E-state index is -0.247. The zero-order chi connectivity index (χ0) is 12.0. The minimum absolute atomic E-state index is 0.247. The number of nitrogens with zero attached hydrogens (tertiary/aromatic N) is 1. The number of rotatable bonds is 5. The molecule has 0 heterocycles. The average Bonchev–Trinajstić information content (AvgIpc) is 2.31. The Morgan fingerprint density at radius 3 is 2.56 bits per heavy atom. The molecule has 0 fully saturated rings. The Hall–Kier alpha value is -0.380. The number of halogens is 2. The molecule has 16 heavy (non-hydrogen) atoms. The molecule has 0 bridgehead atoms. The zero-order valence-electron chi connectivity index (χ0n) is 9.41. The van der Waals surface area contributed by atoms with Crippen molar-refractivity contribution in [1.29, 1.82) is 0 Å². The van der Waals surface area contributed by atoms with Gasteiger partial charge in [-0.1, -0.05) is 39.7 Å². The van der Waals surface area contributed by atoms with Crippen LogP contribution in [0.25, 0.3) is 0 Å². The van der Waals surface area contributed by atoms with Crippen molar-refractivity contribution in [3.05, 3.63) is 34.9 Å². The molecule has 0 spiro atoms. The molecule has 0 aliphatic heterocycles. The molecule has 1 aromatic rings. The van der Waals surface area contributed by atoms with E-state index in [-0.39, 0.29) is 5.60 Å². The van der Waals surface area contributed by atoms with Crippen LogP contribution < -0.4 is 0 Å². The lowest BCUT2D eigenvalue weighted by Gasteiger charge is -2.23. The molecule has 0 aliphatic carbocycles. The first-order chi connectivity index (χ1) is 7.59. The van der Waals surface area contributed by atoms with Crippen LogP contribution in [0.4, 0.5) is 0 Å². The summed E-state index contributed by atoms with van der Waals surface area (Å²) in [4.78, 5) is 4.36. The zero-order valence-corrected chi connectivity index (χ0v) is 11.8. The Morgan fingerprint density at radius 1 is 1.44 bits per heavy atom. The first-order valence-corrected chi connectivity index (χ1v) is 6.46. The number of ether oxygens (including phenoxy) is 1. The quantitative estimate of drug-likeness (QED) is 0.602. The van der Waals surface area contributed by atoms with Crippen LogP contribution in [0.5, 0.6) is 0 Å². The Balaban J connectivity index is 2.57. The maximum atomic E-state index is 5.79. The normalized spacial score (nSPS) is 15.2. The van der Waals surface area contributed by atoms with Gasteiger partial charge in [0.15, 0.2) is 0 Å². The van der Waals surface area contributed by atoms with Gasteiger partial charge in [-0.2, -0.15) is 0 Å². The van der Waals surface area contributed by atoms with Crippen molar-refractivity contribution in [1.82, 2.24) is 0 Å². The van der Waals surface area contributed by atoms with E-state index >= 15 is 0 Å². The van der Waals surface area contributed by atoms with E-state index in [4.69, 9.17) is 16.3 Å². The molecule has 0 saturated carbocycles. The third-order valence-electron chi connectivity index (χ3n) is 2.31. The largest absolute Gasteiger partial charge is 0.376 e. The Morgan fingerprint density at radius 2 is 2.06 bits per heavy atom. The molecule has 0 unspecified atom stereocenters. The van der Waals surface area contributed by atoms with Gasteiger partial charge in [-0.05, 0) is 24.6 Å². The van der Waals surface area contributed by atoms with Gasteiger partial charge in [0, 0.05) is 23.7 Å². The fourth-order valence-electron chi connectivity index (χ4n) is 1.05. The molecule has 0 radical (unpaired) electrons. The standard InChI is InChI=1S/C12H15BrClNO/c1-12(8-13,16-2)9-15-7-10-3-5-11(14)6-4-10/h3-7H,8-9H2,1-2H3/t12-/m1/s1. The first-order valence-electron chi connectivity index (χ1n) is 4.96. The monoisotopic (exact) mass is 303 g/mol. The molecule has 1 atom stereocenters. The number of hydrogen-bond donors (Lipinski definition) is 0. The van der Waals surface area contributed by atoms with Gasteiger partial charge in [0.2, 0.25) is 0 Å². The van der Waals surface area contributed by atoms with Crippen LogP contribution in [0.15, 0.2) is 29.3 Å². The number of benzene rings is 1. The van der Waals surface area contributed by atoms with Gasteiger partial charge in [0.1, 0.15) is 0 Å². The van der Waals surface area contributed by atoms with E-state index in [1.807, 2.05) is 37.4 Å². The Bertz CT molecular complexity index is 347. The molecule has 1 aromatic carbocycles. The molecular formula is C12H15BrClNO. The summed E-state index contributed by atoms with van der Waals surface area (Å²) in [5.74, 6) is 0. The molecule has 4 heteroatoms. The van der Waals surface area contributed by atoms with Crippen molar-refractivity contribution in [3.8, 4) is 0 Å². The molecule has 0 aromatic heterocycles. The van der Waals surface area contributed by atoms with E-state index < -0.39 is 0 Å². The maximum absolute atomic E-state index is 5.79. The minimum Gasteiger partial charge on any atom is -0.376 e. The second-order valence-corrected chi connectivity index (χ2v) is 4.81. The van der Waals surface area contributed by atoms with Crippen molar-refractivity contribution >= 4 is 33.7 Å². The molecule has 1 rings (SSSR count). The van der Waals surface area contributed by atoms with Crippen molar-refractivity contribution in [3.63, 3.8) is 0 Å². The SMILES string of the molecule is CO[C@](C)(CBr)CN=Cc1ccc(Cl)cc1. The van der Waals surface area contributed by atoms with Crippen LogP contribution in [0, 0.1) is 0 Å². The van der Waals surface area contributed by atoms with E-state index in [1.54, 1.807) is 7.11 Å². The van der Waals surface area contributed by atoms with Crippen molar-refractivity contribution in [2.45, 2.75) is 12.5 Å². The smallest absolute Gasteiger partial charge is 0.0941 e. The highest BCUT2D eigenvalue weighted by Gasteiger charge is 2.20. The van der Waals surface area contributed by atoms with E-state index in [0.717, 1.165) is 15.9 Å². The Kier molecular flexibility index (Phi) is 5.46. The fraction of sp³-hybridized carbons (Fsp3) is 0.417. The summed E-state index contributed by atoms with van der Waals surface area (Å²) >= 11 is 9.20. The fourth-order valence-corrected chi connectivity index (χ4v) is 1.59. The second kappa shape index (κ2) is 6.38. The summed E-state index contributed by atoms with van der Waals surface area (Å²) in [6.07, 6.45) is 1.83. The van der Waals surface area contributed by atoms with Crippen LogP contribution in [-0.2, 0) is 4.74 Å². The molecule has 2 nitrogen and oxygen atoms in total. The molecule has 0 aliphatic rings. The van der Waals surface area contributed by atoms with Crippen LogP contribution in [0.3, 0.4) is 0 Å². The van der Waals surface area contributed by atoms with Crippen LogP contribution in [0.1, 0.15) is 12.5 Å². The van der Waals surface area contributed by atoms with Crippen molar-refractivity contribution in [2.75, 3.05) is 19.0 Å². The van der Waals surface area contributed by atoms with E-state index in [1.165, 1.54) is 0 Å². The number of aliphatic imine (C=N–C) groups is 1. The summed E-state index contributed by atoms with van der Waals surface area (Å²) in [6, 6.07) is 7.57. The van der Waals surface area contributed by atoms with Gasteiger partial charge in [0.05, 0.1) is 12.1 Å². The topological polar surface area (TPSA) is 21.6 Å². The summed E-state index contributed by atoms with van der Waals surface area (Å²) in [7, 11) is 1.69. The molecule has 0 saturated heterocycles. The lowest BCUT2D eigenvalue weighted by atomic mass is 10.1. The maximum Gasteiger partial charge on any atom is 0.0941 e. The highest BCUT2D eigenvalue weighted by atomic mass is 79.9. The third kappa shape index (κ3) is 4.24. The third-order valence-corrected chi connectivity index (χ3v) is 3.75. The van der Waals surface area contributed by atoms with Gasteiger partial charge in [0.25, 0.3) is 0 Å². The summed E-state index contributed by atoms with van der Waals surface area (Å²) in [5.41, 5.74) is 0.792. The van der Waals surface area contributed by atoms with Gasteiger partial charge in [-0.15, -0.1) is 0 Å². The summed E-state index contributed by atoms with van der Waals surface area (Å²) in [5, 5.41) is 1.49. The van der Waals surface area contributed by atoms with E-state index in [2.05, 4.69) is 20.9 Å². The van der Waals surface area contributed by atoms with Crippen LogP contribution in [-0.4, -0.2) is 30.8 Å². The lowest BCUT2D eigenvalue weighted by molar-refractivity contribution is 0.0366. The number of hydrogen-bond acceptors (Lipinski definition) is 2. The predicted octanol–water partition coefficient (Wildman–Crippen LogP) is 3.56. The predicted molar refractivity (Wildman–Crippen MR) is 73.1 cm³/mol. The lowest BCUT2D eigenvalue weighted by Crippen LogP contribution is -2.32. The van der Waals surface area contributed by atoms with E-state index in [9.17, 15) is 0 Å². The van der Waals surface area contributed by atoms with Crippen molar-refractivity contribution < 1.29 is 4.74 Å². The van der Waals surface area contributed by atoms with Crippen molar-refractivity contribution in [2.24, 2.45) is 4.99 Å². The number of methoxy groups -OCH3 is 1. The Labute approximate surface area is 110 Å².